The SMILES string of the molecule is CCC(=O)OCc1oc(=O)oc1C. The highest BCUT2D eigenvalue weighted by atomic mass is 16.6. The van der Waals surface area contributed by atoms with E-state index in [1.165, 1.54) is 0 Å². The second-order valence-corrected chi connectivity index (χ2v) is 2.45. The van der Waals surface area contributed by atoms with Gasteiger partial charge in [-0.1, -0.05) is 6.92 Å². The summed E-state index contributed by atoms with van der Waals surface area (Å²) in [4.78, 5) is 21.3. The third kappa shape index (κ3) is 2.47. The molecule has 0 aromatic carbocycles. The Balaban J connectivity index is 2.59. The van der Waals surface area contributed by atoms with Gasteiger partial charge < -0.3 is 13.6 Å². The summed E-state index contributed by atoms with van der Waals surface area (Å²) in [5, 5.41) is 0. The van der Waals surface area contributed by atoms with Gasteiger partial charge in [0.25, 0.3) is 0 Å². The minimum Gasteiger partial charge on any atom is -0.457 e. The fraction of sp³-hybridized carbons (Fsp3) is 0.500. The molecule has 0 aliphatic carbocycles. The number of ether oxygens (including phenoxy) is 1. The number of carbonyl (C=O) groups excluding carboxylic acids is 1. The first-order valence-corrected chi connectivity index (χ1v) is 3.88. The van der Waals surface area contributed by atoms with Gasteiger partial charge in [-0.25, -0.2) is 4.79 Å². The molecule has 0 bridgehead atoms. The van der Waals surface area contributed by atoms with E-state index in [0.29, 0.717) is 12.2 Å². The summed E-state index contributed by atoms with van der Waals surface area (Å²) < 4.78 is 13.9. The third-order valence-corrected chi connectivity index (χ3v) is 1.49. The number of aryl methyl sites for hydroxylation is 1. The van der Waals surface area contributed by atoms with Crippen molar-refractivity contribution in [3.8, 4) is 0 Å². The largest absolute Gasteiger partial charge is 0.519 e. The molecule has 0 atom stereocenters. The molecule has 0 aliphatic heterocycles. The van der Waals surface area contributed by atoms with Crippen molar-refractivity contribution in [2.75, 3.05) is 0 Å². The van der Waals surface area contributed by atoms with E-state index in [2.05, 4.69) is 8.83 Å². The molecule has 5 nitrogen and oxygen atoms in total. The highest BCUT2D eigenvalue weighted by Crippen LogP contribution is 2.06. The molecular weight excluding hydrogens is 176 g/mol. The average molecular weight is 186 g/mol. The first-order valence-electron chi connectivity index (χ1n) is 3.88. The normalized spacial score (nSPS) is 10.0. The van der Waals surface area contributed by atoms with Crippen molar-refractivity contribution in [3.63, 3.8) is 0 Å². The van der Waals surface area contributed by atoms with Gasteiger partial charge in [-0.15, -0.1) is 0 Å². The van der Waals surface area contributed by atoms with E-state index < -0.39 is 5.82 Å². The van der Waals surface area contributed by atoms with Crippen molar-refractivity contribution in [1.29, 1.82) is 0 Å². The summed E-state index contributed by atoms with van der Waals surface area (Å²) in [6.07, 6.45) is 0.293. The summed E-state index contributed by atoms with van der Waals surface area (Å²) in [6, 6.07) is 0. The summed E-state index contributed by atoms with van der Waals surface area (Å²) in [5.41, 5.74) is 0. The van der Waals surface area contributed by atoms with Gasteiger partial charge in [-0.05, 0) is 6.92 Å². The molecule has 72 valence electrons. The van der Waals surface area contributed by atoms with Gasteiger partial charge in [0.15, 0.2) is 18.1 Å². The maximum atomic E-state index is 10.7. The number of esters is 1. The van der Waals surface area contributed by atoms with E-state index >= 15 is 0 Å². The van der Waals surface area contributed by atoms with E-state index in [0.717, 1.165) is 0 Å². The molecule has 0 spiro atoms. The van der Waals surface area contributed by atoms with Crippen LogP contribution in [0, 0.1) is 6.92 Å². The van der Waals surface area contributed by atoms with E-state index in [-0.39, 0.29) is 18.3 Å². The van der Waals surface area contributed by atoms with Crippen molar-refractivity contribution in [2.24, 2.45) is 0 Å². The Bertz CT molecular complexity index is 346. The van der Waals surface area contributed by atoms with E-state index in [9.17, 15) is 9.59 Å². The van der Waals surface area contributed by atoms with Gasteiger partial charge in [0.2, 0.25) is 0 Å². The molecule has 5 heteroatoms. The van der Waals surface area contributed by atoms with Crippen LogP contribution in [0.1, 0.15) is 24.9 Å². The van der Waals surface area contributed by atoms with Gasteiger partial charge in [-0.2, -0.15) is 0 Å². The van der Waals surface area contributed by atoms with E-state index in [1.807, 2.05) is 0 Å². The Morgan fingerprint density at radius 1 is 1.46 bits per heavy atom. The molecule has 0 aliphatic rings. The highest BCUT2D eigenvalue weighted by Gasteiger charge is 2.09. The van der Waals surface area contributed by atoms with Crippen LogP contribution in [-0.4, -0.2) is 5.97 Å². The fourth-order valence-electron chi connectivity index (χ4n) is 0.754. The topological polar surface area (TPSA) is 69.7 Å². The molecule has 1 aromatic rings. The molecule has 1 rings (SSSR count). The van der Waals surface area contributed by atoms with Gasteiger partial charge in [0.1, 0.15) is 0 Å². The van der Waals surface area contributed by atoms with Gasteiger partial charge in [0, 0.05) is 6.42 Å². The summed E-state index contributed by atoms with van der Waals surface area (Å²) in [5.74, 6) is -0.524. The minimum atomic E-state index is -0.778. The number of rotatable bonds is 3. The molecule has 0 saturated heterocycles. The third-order valence-electron chi connectivity index (χ3n) is 1.49. The van der Waals surface area contributed by atoms with Gasteiger partial charge in [-0.3, -0.25) is 4.79 Å². The maximum absolute atomic E-state index is 10.7. The van der Waals surface area contributed by atoms with Crippen molar-refractivity contribution < 1.29 is 18.4 Å². The zero-order valence-electron chi connectivity index (χ0n) is 7.46. The quantitative estimate of drug-likeness (QED) is 0.658. The Kier molecular flexibility index (Phi) is 2.89. The standard InChI is InChI=1S/C8H10O5/c1-3-7(9)11-4-6-5(2)12-8(10)13-6/h3-4H2,1-2H3. The Hall–Kier alpha value is -1.52. The van der Waals surface area contributed by atoms with Crippen molar-refractivity contribution in [2.45, 2.75) is 26.9 Å². The van der Waals surface area contributed by atoms with Crippen LogP contribution in [0.5, 0.6) is 0 Å². The molecule has 13 heavy (non-hydrogen) atoms. The van der Waals surface area contributed by atoms with E-state index in [4.69, 9.17) is 4.74 Å². The van der Waals surface area contributed by atoms with Crippen LogP contribution < -0.4 is 5.82 Å². The fourth-order valence-corrected chi connectivity index (χ4v) is 0.754. The molecule has 0 radical (unpaired) electrons. The monoisotopic (exact) mass is 186 g/mol. The molecule has 0 N–H and O–H groups in total. The lowest BCUT2D eigenvalue weighted by molar-refractivity contribution is -0.145. The highest BCUT2D eigenvalue weighted by molar-refractivity contribution is 5.68. The summed E-state index contributed by atoms with van der Waals surface area (Å²) in [7, 11) is 0. The maximum Gasteiger partial charge on any atom is 0.519 e. The number of hydrogen-bond acceptors (Lipinski definition) is 5. The Labute approximate surface area is 74.3 Å². The predicted octanol–water partition coefficient (Wildman–Crippen LogP) is 0.994. The summed E-state index contributed by atoms with van der Waals surface area (Å²) in [6.45, 7) is 3.20. The summed E-state index contributed by atoms with van der Waals surface area (Å²) >= 11 is 0. The van der Waals surface area contributed by atoms with Crippen LogP contribution >= 0.6 is 0 Å². The molecule has 0 fully saturated rings. The molecule has 0 unspecified atom stereocenters. The van der Waals surface area contributed by atoms with Crippen LogP contribution in [0.25, 0.3) is 0 Å². The first-order chi connectivity index (χ1) is 6.13. The number of carbonyl (C=O) groups is 1. The second-order valence-electron chi connectivity index (χ2n) is 2.45. The van der Waals surface area contributed by atoms with Crippen molar-refractivity contribution >= 4 is 5.97 Å². The first kappa shape index (κ1) is 9.57. The second kappa shape index (κ2) is 3.93. The van der Waals surface area contributed by atoms with Crippen molar-refractivity contribution in [3.05, 3.63) is 22.1 Å². The Morgan fingerprint density at radius 3 is 2.62 bits per heavy atom. The number of hydrogen-bond donors (Lipinski definition) is 0. The molecule has 0 saturated carbocycles. The molecule has 0 amide bonds. The Morgan fingerprint density at radius 2 is 2.15 bits per heavy atom. The smallest absolute Gasteiger partial charge is 0.457 e. The van der Waals surface area contributed by atoms with E-state index in [1.54, 1.807) is 13.8 Å². The van der Waals surface area contributed by atoms with Crippen LogP contribution in [0.2, 0.25) is 0 Å². The lowest BCUT2D eigenvalue weighted by Gasteiger charge is -1.98. The zero-order valence-corrected chi connectivity index (χ0v) is 7.46. The predicted molar refractivity (Wildman–Crippen MR) is 42.1 cm³/mol. The molecular formula is C8H10O5. The van der Waals surface area contributed by atoms with Crippen molar-refractivity contribution in [1.82, 2.24) is 0 Å². The van der Waals surface area contributed by atoms with Crippen LogP contribution in [-0.2, 0) is 16.1 Å². The average Bonchev–Trinajstić information content (AvgIpc) is 2.41. The molecule has 1 heterocycles. The minimum absolute atomic E-state index is 0.0513. The van der Waals surface area contributed by atoms with Crippen LogP contribution in [0.15, 0.2) is 13.6 Å². The van der Waals surface area contributed by atoms with Crippen LogP contribution in [0.3, 0.4) is 0 Å². The lowest BCUT2D eigenvalue weighted by atomic mass is 10.4. The molecule has 1 aromatic heterocycles. The van der Waals surface area contributed by atoms with Crippen LogP contribution in [0.4, 0.5) is 0 Å². The zero-order chi connectivity index (χ0) is 9.84. The van der Waals surface area contributed by atoms with Gasteiger partial charge >= 0.3 is 11.8 Å². The lowest BCUT2D eigenvalue weighted by Crippen LogP contribution is -2.02. The van der Waals surface area contributed by atoms with Gasteiger partial charge in [0.05, 0.1) is 0 Å².